The third-order valence-electron chi connectivity index (χ3n) is 3.85. The number of ketones is 1. The third-order valence-corrected chi connectivity index (χ3v) is 3.85. The van der Waals surface area contributed by atoms with Gasteiger partial charge < -0.3 is 25.0 Å². The van der Waals surface area contributed by atoms with Crippen molar-refractivity contribution in [2.24, 2.45) is 0 Å². The Labute approximate surface area is 149 Å². The van der Waals surface area contributed by atoms with Crippen LogP contribution >= 0.6 is 0 Å². The summed E-state index contributed by atoms with van der Waals surface area (Å²) in [5, 5.41) is 21.9. The molecular weight excluding hydrogens is 338 g/mol. The van der Waals surface area contributed by atoms with Crippen molar-refractivity contribution in [3.05, 3.63) is 65.4 Å². The van der Waals surface area contributed by atoms with Crippen LogP contribution in [0.3, 0.4) is 0 Å². The van der Waals surface area contributed by atoms with Crippen molar-refractivity contribution in [2.75, 3.05) is 11.9 Å². The molecule has 0 amide bonds. The number of aromatic hydroxyl groups is 1. The van der Waals surface area contributed by atoms with Crippen molar-refractivity contribution in [3.63, 3.8) is 0 Å². The van der Waals surface area contributed by atoms with E-state index in [0.29, 0.717) is 17.9 Å². The fraction of sp³-hybridized carbons (Fsp3) is 0.158. The van der Waals surface area contributed by atoms with Gasteiger partial charge in [0.2, 0.25) is 6.29 Å². The first-order chi connectivity index (χ1) is 12.5. The molecule has 1 aliphatic heterocycles. The molecule has 0 saturated carbocycles. The molecule has 134 valence electrons. The van der Waals surface area contributed by atoms with Crippen LogP contribution in [0.25, 0.3) is 0 Å². The SMILES string of the molecule is CCO[C@H]1Oc2ccccc2C(=O)/C1=C/Nc1cccc(C(=O)O)c1O. The Kier molecular flexibility index (Phi) is 4.90. The van der Waals surface area contributed by atoms with E-state index in [1.807, 2.05) is 0 Å². The van der Waals surface area contributed by atoms with Gasteiger partial charge in [-0.1, -0.05) is 18.2 Å². The van der Waals surface area contributed by atoms with Crippen LogP contribution in [0.5, 0.6) is 11.5 Å². The summed E-state index contributed by atoms with van der Waals surface area (Å²) < 4.78 is 11.2. The molecule has 0 spiro atoms. The number of phenols is 1. The van der Waals surface area contributed by atoms with Crippen molar-refractivity contribution in [1.82, 2.24) is 0 Å². The van der Waals surface area contributed by atoms with Gasteiger partial charge in [0.15, 0.2) is 11.5 Å². The lowest BCUT2D eigenvalue weighted by Gasteiger charge is -2.27. The van der Waals surface area contributed by atoms with Crippen LogP contribution < -0.4 is 10.1 Å². The Morgan fingerprint density at radius 3 is 2.77 bits per heavy atom. The normalized spacial score (nSPS) is 17.5. The second-order valence-electron chi connectivity index (χ2n) is 5.48. The molecule has 0 aromatic heterocycles. The standard InChI is InChI=1S/C19H17NO6/c1-2-25-19-13(16(21)11-6-3-4-9-15(11)26-19)10-20-14-8-5-7-12(17(14)22)18(23)24/h3-10,19-20,22H,2H2,1H3,(H,23,24)/b13-10-/t19-/m0/s1. The molecule has 7 nitrogen and oxygen atoms in total. The summed E-state index contributed by atoms with van der Waals surface area (Å²) in [5.41, 5.74) is 0.524. The van der Waals surface area contributed by atoms with Crippen LogP contribution in [0.2, 0.25) is 0 Å². The highest BCUT2D eigenvalue weighted by molar-refractivity contribution is 6.12. The average molecular weight is 355 g/mol. The van der Waals surface area contributed by atoms with E-state index in [1.165, 1.54) is 24.4 Å². The highest BCUT2D eigenvalue weighted by Crippen LogP contribution is 2.32. The Balaban J connectivity index is 1.95. The minimum Gasteiger partial charge on any atom is -0.505 e. The molecule has 3 rings (SSSR count). The van der Waals surface area contributed by atoms with E-state index in [9.17, 15) is 14.7 Å². The number of benzene rings is 2. The van der Waals surface area contributed by atoms with Gasteiger partial charge in [0.25, 0.3) is 0 Å². The topological polar surface area (TPSA) is 105 Å². The Bertz CT molecular complexity index is 889. The molecule has 7 heteroatoms. The summed E-state index contributed by atoms with van der Waals surface area (Å²) in [7, 11) is 0. The predicted molar refractivity (Wildman–Crippen MR) is 93.6 cm³/mol. The quantitative estimate of drug-likeness (QED) is 0.559. The molecule has 1 atom stereocenters. The monoisotopic (exact) mass is 355 g/mol. The number of Topliss-reactive ketones (excluding diaryl/α,β-unsaturated/α-hetero) is 1. The largest absolute Gasteiger partial charge is 0.505 e. The summed E-state index contributed by atoms with van der Waals surface area (Å²) >= 11 is 0. The van der Waals surface area contributed by atoms with Gasteiger partial charge in [0.05, 0.1) is 16.8 Å². The number of nitrogens with one attached hydrogen (secondary N) is 1. The lowest BCUT2D eigenvalue weighted by atomic mass is 10.00. The van der Waals surface area contributed by atoms with Crippen LogP contribution in [0, 0.1) is 0 Å². The van der Waals surface area contributed by atoms with E-state index in [2.05, 4.69) is 5.32 Å². The van der Waals surface area contributed by atoms with E-state index >= 15 is 0 Å². The fourth-order valence-corrected chi connectivity index (χ4v) is 2.60. The molecule has 1 heterocycles. The molecule has 3 N–H and O–H groups in total. The van der Waals surface area contributed by atoms with Gasteiger partial charge in [-0.15, -0.1) is 0 Å². The predicted octanol–water partition coefficient (Wildman–Crippen LogP) is 3.02. The smallest absolute Gasteiger partial charge is 0.339 e. The van der Waals surface area contributed by atoms with Crippen LogP contribution in [0.1, 0.15) is 27.6 Å². The van der Waals surface area contributed by atoms with Crippen molar-refractivity contribution < 1.29 is 29.3 Å². The number of ether oxygens (including phenoxy) is 2. The van der Waals surface area contributed by atoms with Gasteiger partial charge >= 0.3 is 5.97 Å². The van der Waals surface area contributed by atoms with Crippen molar-refractivity contribution in [2.45, 2.75) is 13.2 Å². The Morgan fingerprint density at radius 2 is 2.04 bits per heavy atom. The number of fused-ring (bicyclic) bond motifs is 1. The Hall–Kier alpha value is -3.32. The minimum atomic E-state index is -1.25. The number of para-hydroxylation sites is 2. The second-order valence-corrected chi connectivity index (χ2v) is 5.48. The zero-order valence-corrected chi connectivity index (χ0v) is 13.9. The van der Waals surface area contributed by atoms with E-state index in [0.717, 1.165) is 0 Å². The summed E-state index contributed by atoms with van der Waals surface area (Å²) in [5.74, 6) is -1.51. The van der Waals surface area contributed by atoms with E-state index in [1.54, 1.807) is 31.2 Å². The van der Waals surface area contributed by atoms with Gasteiger partial charge in [-0.25, -0.2) is 4.79 Å². The van der Waals surface area contributed by atoms with Crippen molar-refractivity contribution in [3.8, 4) is 11.5 Å². The summed E-state index contributed by atoms with van der Waals surface area (Å²) in [4.78, 5) is 23.9. The number of carboxylic acid groups (broad SMARTS) is 1. The molecule has 0 radical (unpaired) electrons. The van der Waals surface area contributed by atoms with E-state index in [4.69, 9.17) is 14.6 Å². The maximum atomic E-state index is 12.8. The van der Waals surface area contributed by atoms with E-state index in [-0.39, 0.29) is 22.6 Å². The lowest BCUT2D eigenvalue weighted by molar-refractivity contribution is -0.0509. The molecule has 0 unspecified atom stereocenters. The molecule has 0 bridgehead atoms. The van der Waals surface area contributed by atoms with Crippen LogP contribution in [-0.4, -0.2) is 34.9 Å². The molecular formula is C19H17NO6. The molecule has 0 aliphatic carbocycles. The van der Waals surface area contributed by atoms with Gasteiger partial charge in [0.1, 0.15) is 11.3 Å². The van der Waals surface area contributed by atoms with E-state index < -0.39 is 18.0 Å². The summed E-state index contributed by atoms with van der Waals surface area (Å²) in [6, 6.07) is 11.1. The first-order valence-electron chi connectivity index (χ1n) is 7.96. The van der Waals surface area contributed by atoms with Gasteiger partial charge in [-0.05, 0) is 31.2 Å². The lowest BCUT2D eigenvalue weighted by Crippen LogP contribution is -2.33. The first-order valence-corrected chi connectivity index (χ1v) is 7.96. The van der Waals surface area contributed by atoms with Crippen LogP contribution in [-0.2, 0) is 4.74 Å². The van der Waals surface area contributed by atoms with Gasteiger partial charge in [-0.3, -0.25) is 4.79 Å². The van der Waals surface area contributed by atoms with Crippen molar-refractivity contribution >= 4 is 17.4 Å². The van der Waals surface area contributed by atoms with Gasteiger partial charge in [0, 0.05) is 12.8 Å². The molecule has 0 fully saturated rings. The number of aromatic carboxylic acids is 1. The molecule has 0 saturated heterocycles. The maximum absolute atomic E-state index is 12.8. The third kappa shape index (κ3) is 3.25. The number of hydrogen-bond acceptors (Lipinski definition) is 6. The second kappa shape index (κ2) is 7.28. The summed E-state index contributed by atoms with van der Waals surface area (Å²) in [6.07, 6.45) is 0.457. The van der Waals surface area contributed by atoms with Gasteiger partial charge in [-0.2, -0.15) is 0 Å². The molecule has 26 heavy (non-hydrogen) atoms. The number of hydrogen-bond donors (Lipinski definition) is 3. The average Bonchev–Trinajstić information content (AvgIpc) is 2.62. The molecule has 2 aromatic rings. The zero-order chi connectivity index (χ0) is 18.7. The number of anilines is 1. The van der Waals surface area contributed by atoms with Crippen LogP contribution in [0.4, 0.5) is 5.69 Å². The number of carboxylic acids is 1. The highest BCUT2D eigenvalue weighted by atomic mass is 16.7. The maximum Gasteiger partial charge on any atom is 0.339 e. The van der Waals surface area contributed by atoms with Crippen molar-refractivity contribution in [1.29, 1.82) is 0 Å². The Morgan fingerprint density at radius 1 is 1.27 bits per heavy atom. The molecule has 2 aromatic carbocycles. The number of rotatable bonds is 5. The number of carbonyl (C=O) groups is 2. The highest BCUT2D eigenvalue weighted by Gasteiger charge is 2.32. The summed E-state index contributed by atoms with van der Waals surface area (Å²) in [6.45, 7) is 2.11. The number of carbonyl (C=O) groups excluding carboxylic acids is 1. The van der Waals surface area contributed by atoms with Crippen LogP contribution in [0.15, 0.2) is 54.2 Å². The minimum absolute atomic E-state index is 0.152. The molecule has 1 aliphatic rings. The fourth-order valence-electron chi connectivity index (χ4n) is 2.60. The first kappa shape index (κ1) is 17.5. The zero-order valence-electron chi connectivity index (χ0n) is 13.9.